The lowest BCUT2D eigenvalue weighted by atomic mass is 9.92. The number of carbonyl (C=O) groups excluding carboxylic acids is 3. The van der Waals surface area contributed by atoms with Crippen LogP contribution in [-0.2, 0) is 15.1 Å². The minimum Gasteiger partial charge on any atom is -0.497 e. The van der Waals surface area contributed by atoms with Crippen molar-refractivity contribution in [3.63, 3.8) is 0 Å². The van der Waals surface area contributed by atoms with E-state index in [1.54, 1.807) is 43.3 Å². The SMILES string of the molecule is COc1ccc([C@]2(C)NC(=O)N(NC(=O)COc3ccccc3C)C2=O)cc1. The third kappa shape index (κ3) is 3.62. The highest BCUT2D eigenvalue weighted by Gasteiger charge is 2.50. The van der Waals surface area contributed by atoms with Crippen molar-refractivity contribution in [3.8, 4) is 11.5 Å². The maximum Gasteiger partial charge on any atom is 0.344 e. The van der Waals surface area contributed by atoms with Crippen molar-refractivity contribution in [2.45, 2.75) is 19.4 Å². The Hall–Kier alpha value is -3.55. The fraction of sp³-hybridized carbons (Fsp3) is 0.250. The summed E-state index contributed by atoms with van der Waals surface area (Å²) in [5, 5.41) is 3.29. The molecule has 146 valence electrons. The zero-order valence-electron chi connectivity index (χ0n) is 15.8. The number of para-hydroxylation sites is 1. The molecule has 8 nitrogen and oxygen atoms in total. The first-order valence-electron chi connectivity index (χ1n) is 8.64. The van der Waals surface area contributed by atoms with Gasteiger partial charge in [0.1, 0.15) is 17.0 Å². The Morgan fingerprint density at radius 1 is 1.14 bits per heavy atom. The lowest BCUT2D eigenvalue weighted by Crippen LogP contribution is -2.49. The van der Waals surface area contributed by atoms with Crippen molar-refractivity contribution in [2.24, 2.45) is 0 Å². The number of methoxy groups -OCH3 is 1. The average Bonchev–Trinajstić information content (AvgIpc) is 2.91. The predicted molar refractivity (Wildman–Crippen MR) is 101 cm³/mol. The summed E-state index contributed by atoms with van der Waals surface area (Å²) in [7, 11) is 1.54. The molecule has 2 N–H and O–H groups in total. The van der Waals surface area contributed by atoms with Gasteiger partial charge >= 0.3 is 6.03 Å². The Balaban J connectivity index is 1.67. The van der Waals surface area contributed by atoms with E-state index >= 15 is 0 Å². The molecule has 4 amide bonds. The Bertz CT molecular complexity index is 912. The third-order valence-corrected chi connectivity index (χ3v) is 4.55. The minimum absolute atomic E-state index is 0.332. The molecule has 8 heteroatoms. The first-order valence-corrected chi connectivity index (χ1v) is 8.64. The number of nitrogens with zero attached hydrogens (tertiary/aromatic N) is 1. The van der Waals surface area contributed by atoms with Gasteiger partial charge in [-0.3, -0.25) is 15.0 Å². The number of hydrazine groups is 1. The predicted octanol–water partition coefficient (Wildman–Crippen LogP) is 1.88. The number of hydrogen-bond acceptors (Lipinski definition) is 5. The van der Waals surface area contributed by atoms with Crippen molar-refractivity contribution < 1.29 is 23.9 Å². The highest BCUT2D eigenvalue weighted by molar-refractivity contribution is 6.08. The zero-order chi connectivity index (χ0) is 20.3. The van der Waals surface area contributed by atoms with Gasteiger partial charge in [-0.25, -0.2) is 4.79 Å². The number of imide groups is 1. The van der Waals surface area contributed by atoms with Crippen LogP contribution >= 0.6 is 0 Å². The molecular formula is C20H21N3O5. The summed E-state index contributed by atoms with van der Waals surface area (Å²) in [4.78, 5) is 37.3. The molecule has 1 heterocycles. The fourth-order valence-electron chi connectivity index (χ4n) is 2.88. The van der Waals surface area contributed by atoms with Crippen molar-refractivity contribution in [3.05, 3.63) is 59.7 Å². The van der Waals surface area contributed by atoms with Crippen LogP contribution in [0, 0.1) is 6.92 Å². The highest BCUT2D eigenvalue weighted by Crippen LogP contribution is 2.29. The summed E-state index contributed by atoms with van der Waals surface area (Å²) in [6.07, 6.45) is 0. The van der Waals surface area contributed by atoms with Crippen LogP contribution in [0.15, 0.2) is 48.5 Å². The van der Waals surface area contributed by atoms with E-state index in [9.17, 15) is 14.4 Å². The number of aryl methyl sites for hydroxylation is 1. The Kier molecular flexibility index (Phi) is 5.21. The van der Waals surface area contributed by atoms with Crippen LogP contribution < -0.4 is 20.2 Å². The van der Waals surface area contributed by atoms with Crippen LogP contribution in [0.2, 0.25) is 0 Å². The van der Waals surface area contributed by atoms with Crippen LogP contribution in [0.25, 0.3) is 0 Å². The summed E-state index contributed by atoms with van der Waals surface area (Å²) in [5.41, 5.74) is 2.44. The Morgan fingerprint density at radius 2 is 1.82 bits per heavy atom. The summed E-state index contributed by atoms with van der Waals surface area (Å²) < 4.78 is 10.6. The van der Waals surface area contributed by atoms with Crippen LogP contribution in [0.4, 0.5) is 4.79 Å². The molecule has 0 unspecified atom stereocenters. The summed E-state index contributed by atoms with van der Waals surface area (Å²) in [5.74, 6) is -0.0294. The molecule has 0 aromatic heterocycles. The Labute approximate surface area is 162 Å². The monoisotopic (exact) mass is 383 g/mol. The number of amides is 4. The van der Waals surface area contributed by atoms with Gasteiger partial charge in [0.05, 0.1) is 7.11 Å². The number of urea groups is 1. The topological polar surface area (TPSA) is 97.0 Å². The molecule has 0 radical (unpaired) electrons. The number of carbonyl (C=O) groups is 3. The summed E-state index contributed by atoms with van der Waals surface area (Å²) >= 11 is 0. The number of benzene rings is 2. The standard InChI is InChI=1S/C20H21N3O5/c1-13-6-4-5-7-16(13)28-12-17(24)22-23-18(25)20(2,21-19(23)26)14-8-10-15(27-3)11-9-14/h4-11H,12H2,1-3H3,(H,21,26)(H,22,24)/t20-/m0/s1. The van der Waals surface area contributed by atoms with E-state index in [0.717, 1.165) is 5.56 Å². The Morgan fingerprint density at radius 3 is 2.46 bits per heavy atom. The molecule has 1 atom stereocenters. The quantitative estimate of drug-likeness (QED) is 0.743. The second-order valence-corrected chi connectivity index (χ2v) is 6.51. The van der Waals surface area contributed by atoms with E-state index < -0.39 is 23.4 Å². The van der Waals surface area contributed by atoms with E-state index in [4.69, 9.17) is 9.47 Å². The van der Waals surface area contributed by atoms with Gasteiger partial charge in [-0.2, -0.15) is 5.01 Å². The minimum atomic E-state index is -1.30. The van der Waals surface area contributed by atoms with Gasteiger partial charge in [-0.05, 0) is 43.2 Å². The van der Waals surface area contributed by atoms with Gasteiger partial charge in [-0.1, -0.05) is 30.3 Å². The molecule has 1 saturated heterocycles. The lowest BCUT2D eigenvalue weighted by Gasteiger charge is -2.22. The lowest BCUT2D eigenvalue weighted by molar-refractivity contribution is -0.139. The van der Waals surface area contributed by atoms with Gasteiger partial charge < -0.3 is 14.8 Å². The first kappa shape index (κ1) is 19.2. The van der Waals surface area contributed by atoms with Crippen molar-refractivity contribution in [2.75, 3.05) is 13.7 Å². The number of ether oxygens (including phenoxy) is 2. The largest absolute Gasteiger partial charge is 0.497 e. The normalized spacial score (nSPS) is 18.6. The maximum atomic E-state index is 12.8. The third-order valence-electron chi connectivity index (χ3n) is 4.55. The second kappa shape index (κ2) is 7.59. The molecule has 1 fully saturated rings. The van der Waals surface area contributed by atoms with Gasteiger partial charge in [0.15, 0.2) is 6.61 Å². The number of rotatable bonds is 6. The number of hydrogen-bond donors (Lipinski definition) is 2. The van der Waals surface area contributed by atoms with E-state index in [-0.39, 0.29) is 6.61 Å². The molecule has 0 aliphatic carbocycles. The summed E-state index contributed by atoms with van der Waals surface area (Å²) in [6, 6.07) is 13.3. The van der Waals surface area contributed by atoms with Crippen molar-refractivity contribution >= 4 is 17.8 Å². The van der Waals surface area contributed by atoms with Crippen LogP contribution in [0.1, 0.15) is 18.1 Å². The molecule has 0 spiro atoms. The first-order chi connectivity index (χ1) is 13.3. The molecule has 1 aliphatic rings. The van der Waals surface area contributed by atoms with Gasteiger partial charge in [0, 0.05) is 0 Å². The zero-order valence-corrected chi connectivity index (χ0v) is 15.8. The van der Waals surface area contributed by atoms with Crippen LogP contribution in [0.5, 0.6) is 11.5 Å². The smallest absolute Gasteiger partial charge is 0.344 e. The molecule has 2 aromatic rings. The fourth-order valence-corrected chi connectivity index (χ4v) is 2.88. The van der Waals surface area contributed by atoms with E-state index in [1.165, 1.54) is 7.11 Å². The second-order valence-electron chi connectivity index (χ2n) is 6.51. The average molecular weight is 383 g/mol. The highest BCUT2D eigenvalue weighted by atomic mass is 16.5. The molecule has 1 aliphatic heterocycles. The molecule has 0 saturated carbocycles. The van der Waals surface area contributed by atoms with Crippen molar-refractivity contribution in [1.82, 2.24) is 15.8 Å². The van der Waals surface area contributed by atoms with Crippen molar-refractivity contribution in [1.29, 1.82) is 0 Å². The van der Waals surface area contributed by atoms with E-state index in [0.29, 0.717) is 22.1 Å². The number of nitrogens with one attached hydrogen (secondary N) is 2. The van der Waals surface area contributed by atoms with Crippen LogP contribution in [0.3, 0.4) is 0 Å². The van der Waals surface area contributed by atoms with Crippen LogP contribution in [-0.4, -0.2) is 36.6 Å². The van der Waals surface area contributed by atoms with Gasteiger partial charge in [-0.15, -0.1) is 0 Å². The van der Waals surface area contributed by atoms with Gasteiger partial charge in [0.2, 0.25) is 0 Å². The molecule has 28 heavy (non-hydrogen) atoms. The van der Waals surface area contributed by atoms with E-state index in [1.807, 2.05) is 19.1 Å². The summed E-state index contributed by atoms with van der Waals surface area (Å²) in [6.45, 7) is 3.09. The maximum absolute atomic E-state index is 12.8. The molecule has 0 bridgehead atoms. The molecular weight excluding hydrogens is 362 g/mol. The van der Waals surface area contributed by atoms with E-state index in [2.05, 4.69) is 10.7 Å². The molecule has 3 rings (SSSR count). The molecule has 2 aromatic carbocycles. The van der Waals surface area contributed by atoms with Gasteiger partial charge in [0.25, 0.3) is 11.8 Å².